The number of hydrogen-bond acceptors (Lipinski definition) is 6. The Hall–Kier alpha value is -0.480. The van der Waals surface area contributed by atoms with Crippen molar-refractivity contribution < 1.29 is 16.8 Å². The van der Waals surface area contributed by atoms with Crippen molar-refractivity contribution in [3.63, 3.8) is 0 Å². The van der Waals surface area contributed by atoms with Crippen LogP contribution in [0.3, 0.4) is 0 Å². The van der Waals surface area contributed by atoms with E-state index in [4.69, 9.17) is 0 Å². The molecule has 19 heavy (non-hydrogen) atoms. The summed E-state index contributed by atoms with van der Waals surface area (Å²) in [5, 5.41) is 4.71. The Kier molecular flexibility index (Phi) is 5.51. The van der Waals surface area contributed by atoms with Crippen molar-refractivity contribution in [3.05, 3.63) is 17.0 Å². The molecule has 0 aliphatic carbocycles. The summed E-state index contributed by atoms with van der Waals surface area (Å²) in [7, 11) is -3.61. The third-order valence-corrected chi connectivity index (χ3v) is 6.70. The summed E-state index contributed by atoms with van der Waals surface area (Å²) in [4.78, 5) is 0. The molecule has 0 atom stereocenters. The number of nitrogens with one attached hydrogen (secondary N) is 1. The highest BCUT2D eigenvalue weighted by molar-refractivity contribution is 7.91. The van der Waals surface area contributed by atoms with Crippen molar-refractivity contribution >= 4 is 31.2 Å². The second-order valence-corrected chi connectivity index (χ2v) is 9.70. The van der Waals surface area contributed by atoms with E-state index in [0.29, 0.717) is 6.54 Å². The lowest BCUT2D eigenvalue weighted by Crippen LogP contribution is -2.31. The number of hydrogen-bond donors (Lipinski definition) is 1. The van der Waals surface area contributed by atoms with Crippen LogP contribution < -0.4 is 5.32 Å². The van der Waals surface area contributed by atoms with Crippen LogP contribution in [0.5, 0.6) is 0 Å². The van der Waals surface area contributed by atoms with Gasteiger partial charge in [0.2, 0.25) is 0 Å². The van der Waals surface area contributed by atoms with Gasteiger partial charge in [-0.2, -0.15) is 4.31 Å². The van der Waals surface area contributed by atoms with E-state index in [1.165, 1.54) is 7.05 Å². The van der Waals surface area contributed by atoms with Gasteiger partial charge in [0.05, 0.1) is 5.75 Å². The zero-order valence-corrected chi connectivity index (χ0v) is 13.5. The number of sulfone groups is 1. The summed E-state index contributed by atoms with van der Waals surface area (Å²) in [6.45, 7) is 0.555. The maximum atomic E-state index is 12.2. The molecule has 0 saturated heterocycles. The van der Waals surface area contributed by atoms with E-state index in [-0.39, 0.29) is 16.5 Å². The molecule has 1 N–H and O–H groups in total. The molecule has 0 unspecified atom stereocenters. The van der Waals surface area contributed by atoms with Gasteiger partial charge in [-0.1, -0.05) is 0 Å². The van der Waals surface area contributed by atoms with Crippen molar-refractivity contribution in [1.29, 1.82) is 0 Å². The summed E-state index contributed by atoms with van der Waals surface area (Å²) < 4.78 is 47.8. The second-order valence-electron chi connectivity index (χ2n) is 4.26. The highest BCUT2D eigenvalue weighted by Gasteiger charge is 2.23. The number of rotatable bonds is 7. The average Bonchev–Trinajstić information content (AvgIpc) is 2.74. The van der Waals surface area contributed by atoms with Crippen LogP contribution in [0.4, 0.5) is 0 Å². The Balaban J connectivity index is 2.84. The van der Waals surface area contributed by atoms with E-state index in [9.17, 15) is 16.8 Å². The molecular weight excluding hydrogens is 308 g/mol. The maximum Gasteiger partial charge on any atom is 0.252 e. The molecule has 0 amide bonds. The monoisotopic (exact) mass is 326 g/mol. The van der Waals surface area contributed by atoms with Gasteiger partial charge in [0.25, 0.3) is 10.0 Å². The van der Waals surface area contributed by atoms with Crippen LogP contribution in [-0.4, -0.2) is 53.8 Å². The van der Waals surface area contributed by atoms with Crippen LogP contribution in [0.1, 0.15) is 5.56 Å². The summed E-state index contributed by atoms with van der Waals surface area (Å²) in [6.07, 6.45) is 1.09. The van der Waals surface area contributed by atoms with Crippen LogP contribution >= 0.6 is 11.3 Å². The van der Waals surface area contributed by atoms with Gasteiger partial charge < -0.3 is 5.32 Å². The first-order chi connectivity index (χ1) is 8.66. The summed E-state index contributed by atoms with van der Waals surface area (Å²) in [5.41, 5.74) is 0.891. The normalized spacial score (nSPS) is 13.1. The van der Waals surface area contributed by atoms with Gasteiger partial charge in [0, 0.05) is 26.4 Å². The lowest BCUT2D eigenvalue weighted by atomic mass is 10.3. The Morgan fingerprint density at radius 3 is 2.47 bits per heavy atom. The van der Waals surface area contributed by atoms with E-state index in [1.807, 2.05) is 0 Å². The fourth-order valence-electron chi connectivity index (χ4n) is 1.35. The molecule has 0 radical (unpaired) electrons. The van der Waals surface area contributed by atoms with Crippen LogP contribution in [0, 0.1) is 0 Å². The van der Waals surface area contributed by atoms with Crippen LogP contribution in [0.15, 0.2) is 15.7 Å². The zero-order chi connectivity index (χ0) is 14.7. The van der Waals surface area contributed by atoms with E-state index in [1.54, 1.807) is 18.5 Å². The first-order valence-electron chi connectivity index (χ1n) is 5.53. The third-order valence-electron chi connectivity index (χ3n) is 2.45. The zero-order valence-electron chi connectivity index (χ0n) is 11.1. The Labute approximate surface area is 118 Å². The van der Waals surface area contributed by atoms with Gasteiger partial charge in [-0.15, -0.1) is 11.3 Å². The molecule has 0 bridgehead atoms. The van der Waals surface area contributed by atoms with Gasteiger partial charge in [0.1, 0.15) is 14.0 Å². The first kappa shape index (κ1) is 16.6. The minimum Gasteiger partial charge on any atom is -0.316 e. The van der Waals surface area contributed by atoms with Crippen molar-refractivity contribution in [2.75, 3.05) is 32.6 Å². The first-order valence-corrected chi connectivity index (χ1v) is 9.91. The summed E-state index contributed by atoms with van der Waals surface area (Å²) in [5.74, 6) is -0.183. The topological polar surface area (TPSA) is 83.6 Å². The van der Waals surface area contributed by atoms with Crippen molar-refractivity contribution in [2.24, 2.45) is 0 Å². The third kappa shape index (κ3) is 4.84. The van der Waals surface area contributed by atoms with Crippen molar-refractivity contribution in [3.8, 4) is 0 Å². The largest absolute Gasteiger partial charge is 0.316 e. The van der Waals surface area contributed by atoms with Crippen molar-refractivity contribution in [1.82, 2.24) is 9.62 Å². The summed E-state index contributed by atoms with van der Waals surface area (Å²) in [6, 6.07) is 1.60. The molecule has 1 rings (SSSR count). The molecule has 6 nitrogen and oxygen atoms in total. The Morgan fingerprint density at radius 1 is 1.32 bits per heavy atom. The van der Waals surface area contributed by atoms with E-state index in [2.05, 4.69) is 5.32 Å². The molecule has 0 saturated carbocycles. The fraction of sp³-hybridized carbons (Fsp3) is 0.600. The van der Waals surface area contributed by atoms with Gasteiger partial charge in [-0.3, -0.25) is 0 Å². The minimum absolute atomic E-state index is 0.0412. The molecule has 0 aromatic carbocycles. The molecule has 110 valence electrons. The van der Waals surface area contributed by atoms with Crippen LogP contribution in [0.2, 0.25) is 0 Å². The molecule has 0 spiro atoms. The van der Waals surface area contributed by atoms with E-state index in [0.717, 1.165) is 27.5 Å². The van der Waals surface area contributed by atoms with Gasteiger partial charge in [0.15, 0.2) is 0 Å². The lowest BCUT2D eigenvalue weighted by Gasteiger charge is -2.15. The minimum atomic E-state index is -3.60. The molecule has 1 aromatic rings. The van der Waals surface area contributed by atoms with Crippen LogP contribution in [0.25, 0.3) is 0 Å². The molecule has 1 aromatic heterocycles. The second kappa shape index (κ2) is 6.31. The Morgan fingerprint density at radius 2 is 1.95 bits per heavy atom. The highest BCUT2D eigenvalue weighted by atomic mass is 32.2. The summed E-state index contributed by atoms with van der Waals surface area (Å²) >= 11 is 1.14. The van der Waals surface area contributed by atoms with Gasteiger partial charge in [-0.25, -0.2) is 16.8 Å². The van der Waals surface area contributed by atoms with Crippen molar-refractivity contribution in [2.45, 2.75) is 10.8 Å². The predicted molar refractivity (Wildman–Crippen MR) is 76.6 cm³/mol. The highest BCUT2D eigenvalue weighted by Crippen LogP contribution is 2.23. The molecular formula is C10H18N2O4S3. The molecule has 0 aliphatic rings. The number of sulfonamides is 1. The Bertz CT molecular complexity index is 619. The smallest absolute Gasteiger partial charge is 0.252 e. The maximum absolute atomic E-state index is 12.2. The molecule has 0 aliphatic heterocycles. The molecule has 0 fully saturated rings. The van der Waals surface area contributed by atoms with Gasteiger partial charge in [-0.05, 0) is 24.1 Å². The van der Waals surface area contributed by atoms with Crippen LogP contribution in [-0.2, 0) is 26.4 Å². The number of nitrogens with zero attached hydrogens (tertiary/aromatic N) is 1. The lowest BCUT2D eigenvalue weighted by molar-refractivity contribution is 0.486. The van der Waals surface area contributed by atoms with E-state index < -0.39 is 19.9 Å². The quantitative estimate of drug-likeness (QED) is 0.770. The molecule has 1 heterocycles. The van der Waals surface area contributed by atoms with Gasteiger partial charge >= 0.3 is 0 Å². The average molecular weight is 326 g/mol. The predicted octanol–water partition coefficient (Wildman–Crippen LogP) is 0.133. The fourth-order valence-corrected chi connectivity index (χ4v) is 4.66. The van der Waals surface area contributed by atoms with E-state index >= 15 is 0 Å². The molecule has 9 heteroatoms. The standard InChI is InChI=1S/C10H18N2O4S3/c1-11-7-9-6-10(17-8-9)19(15,16)12(2)4-5-18(3,13)14/h6,8,11H,4-5,7H2,1-3H3. The number of thiophene rings is 1. The SMILES string of the molecule is CNCc1csc(S(=O)(=O)N(C)CCS(C)(=O)=O)c1.